The Labute approximate surface area is 109 Å². The van der Waals surface area contributed by atoms with Crippen LogP contribution in [-0.2, 0) is 4.74 Å². The van der Waals surface area contributed by atoms with Crippen LogP contribution in [0.5, 0.6) is 0 Å². The summed E-state index contributed by atoms with van der Waals surface area (Å²) in [4.78, 5) is 15.7. The van der Waals surface area contributed by atoms with Gasteiger partial charge in [-0.15, -0.1) is 0 Å². The van der Waals surface area contributed by atoms with Crippen LogP contribution in [0.1, 0.15) is 26.2 Å². The third-order valence-electron chi connectivity index (χ3n) is 4.21. The van der Waals surface area contributed by atoms with E-state index in [9.17, 15) is 4.79 Å². The van der Waals surface area contributed by atoms with Gasteiger partial charge in [-0.1, -0.05) is 0 Å². The van der Waals surface area contributed by atoms with Gasteiger partial charge in [0, 0.05) is 37.8 Å². The van der Waals surface area contributed by atoms with Crippen molar-refractivity contribution in [3.05, 3.63) is 0 Å². The van der Waals surface area contributed by atoms with Crippen molar-refractivity contribution in [2.75, 3.05) is 33.8 Å². The van der Waals surface area contributed by atoms with Gasteiger partial charge < -0.3 is 19.9 Å². The number of nitrogens with zero attached hydrogens (tertiary/aromatic N) is 2. The third kappa shape index (κ3) is 3.14. The molecule has 2 heterocycles. The van der Waals surface area contributed by atoms with E-state index in [1.807, 2.05) is 4.90 Å². The summed E-state index contributed by atoms with van der Waals surface area (Å²) in [5.74, 6) is 0. The Morgan fingerprint density at radius 1 is 1.33 bits per heavy atom. The summed E-state index contributed by atoms with van der Waals surface area (Å²) < 4.78 is 4.79. The Bertz CT molecular complexity index is 288. The molecule has 1 N–H and O–H groups in total. The van der Waals surface area contributed by atoms with Gasteiger partial charge in [0.05, 0.1) is 7.11 Å². The van der Waals surface area contributed by atoms with Crippen molar-refractivity contribution in [2.45, 2.75) is 44.3 Å². The number of amides is 1. The predicted molar refractivity (Wildman–Crippen MR) is 70.6 cm³/mol. The highest BCUT2D eigenvalue weighted by molar-refractivity contribution is 5.67. The molecule has 18 heavy (non-hydrogen) atoms. The number of carbonyl (C=O) groups is 1. The molecule has 0 aliphatic carbocycles. The Morgan fingerprint density at radius 2 is 2.11 bits per heavy atom. The van der Waals surface area contributed by atoms with Crippen molar-refractivity contribution in [1.82, 2.24) is 15.1 Å². The average molecular weight is 255 g/mol. The summed E-state index contributed by atoms with van der Waals surface area (Å²) in [6.07, 6.45) is 3.22. The molecule has 2 saturated heterocycles. The molecule has 3 atom stereocenters. The SMILES string of the molecule is COC(=O)N1CCC[C@H](N[C@H]2C[C@@H](C)N(C)C2)C1. The minimum Gasteiger partial charge on any atom is -0.453 e. The number of carbonyl (C=O) groups excluding carboxylic acids is 1. The highest BCUT2D eigenvalue weighted by Crippen LogP contribution is 2.18. The number of likely N-dealkylation sites (N-methyl/N-ethyl adjacent to an activating group) is 1. The molecule has 0 aromatic heterocycles. The largest absolute Gasteiger partial charge is 0.453 e. The van der Waals surface area contributed by atoms with Crippen LogP contribution in [0.15, 0.2) is 0 Å². The molecule has 104 valence electrons. The zero-order valence-electron chi connectivity index (χ0n) is 11.7. The molecule has 0 radical (unpaired) electrons. The molecule has 2 aliphatic rings. The molecule has 0 aromatic carbocycles. The maximum Gasteiger partial charge on any atom is 0.409 e. The van der Waals surface area contributed by atoms with E-state index < -0.39 is 0 Å². The third-order valence-corrected chi connectivity index (χ3v) is 4.21. The van der Waals surface area contributed by atoms with Crippen LogP contribution in [0, 0.1) is 0 Å². The molecule has 2 aliphatic heterocycles. The minimum absolute atomic E-state index is 0.196. The van der Waals surface area contributed by atoms with Gasteiger partial charge in [-0.05, 0) is 33.2 Å². The number of piperidine rings is 1. The van der Waals surface area contributed by atoms with Crippen molar-refractivity contribution >= 4 is 6.09 Å². The van der Waals surface area contributed by atoms with E-state index in [0.29, 0.717) is 18.1 Å². The van der Waals surface area contributed by atoms with Crippen LogP contribution in [0.2, 0.25) is 0 Å². The highest BCUT2D eigenvalue weighted by atomic mass is 16.5. The van der Waals surface area contributed by atoms with Gasteiger partial charge in [0.2, 0.25) is 0 Å². The van der Waals surface area contributed by atoms with E-state index in [1.54, 1.807) is 0 Å². The lowest BCUT2D eigenvalue weighted by atomic mass is 10.0. The summed E-state index contributed by atoms with van der Waals surface area (Å²) in [5, 5.41) is 3.70. The van der Waals surface area contributed by atoms with Crippen molar-refractivity contribution < 1.29 is 9.53 Å². The fourth-order valence-corrected chi connectivity index (χ4v) is 3.06. The van der Waals surface area contributed by atoms with Gasteiger partial charge in [-0.25, -0.2) is 4.79 Å². The summed E-state index contributed by atoms with van der Waals surface area (Å²) in [6, 6.07) is 1.64. The molecule has 0 bridgehead atoms. The van der Waals surface area contributed by atoms with Crippen molar-refractivity contribution in [1.29, 1.82) is 0 Å². The van der Waals surface area contributed by atoms with Gasteiger partial charge in [0.1, 0.15) is 0 Å². The standard InChI is InChI=1S/C13H25N3O2/c1-10-7-12(8-15(10)2)14-11-5-4-6-16(9-11)13(17)18-3/h10-12,14H,4-9H2,1-3H3/t10-,11+,12+/m1/s1. The summed E-state index contributed by atoms with van der Waals surface area (Å²) in [6.45, 7) is 4.98. The zero-order valence-corrected chi connectivity index (χ0v) is 11.7. The number of likely N-dealkylation sites (tertiary alicyclic amines) is 2. The zero-order chi connectivity index (χ0) is 13.1. The molecular weight excluding hydrogens is 230 g/mol. The predicted octanol–water partition coefficient (Wildman–Crippen LogP) is 0.899. The fourth-order valence-electron chi connectivity index (χ4n) is 3.06. The first kappa shape index (κ1) is 13.6. The summed E-state index contributed by atoms with van der Waals surface area (Å²) in [7, 11) is 3.63. The number of rotatable bonds is 2. The number of nitrogens with one attached hydrogen (secondary N) is 1. The van der Waals surface area contributed by atoms with Crippen molar-refractivity contribution in [3.8, 4) is 0 Å². The molecular formula is C13H25N3O2. The van der Waals surface area contributed by atoms with E-state index in [-0.39, 0.29) is 6.09 Å². The van der Waals surface area contributed by atoms with E-state index in [2.05, 4.69) is 24.2 Å². The Balaban J connectivity index is 1.81. The first-order valence-electron chi connectivity index (χ1n) is 6.89. The average Bonchev–Trinajstić information content (AvgIpc) is 2.67. The Morgan fingerprint density at radius 3 is 2.72 bits per heavy atom. The topological polar surface area (TPSA) is 44.8 Å². The molecule has 1 amide bonds. The second kappa shape index (κ2) is 5.89. The Hall–Kier alpha value is -0.810. The van der Waals surface area contributed by atoms with Crippen LogP contribution in [0.25, 0.3) is 0 Å². The van der Waals surface area contributed by atoms with Crippen LogP contribution in [0.4, 0.5) is 4.79 Å². The first-order valence-corrected chi connectivity index (χ1v) is 6.89. The van der Waals surface area contributed by atoms with Crippen LogP contribution < -0.4 is 5.32 Å². The summed E-state index contributed by atoms with van der Waals surface area (Å²) >= 11 is 0. The molecule has 0 unspecified atom stereocenters. The van der Waals surface area contributed by atoms with Crippen molar-refractivity contribution in [2.24, 2.45) is 0 Å². The van der Waals surface area contributed by atoms with E-state index in [1.165, 1.54) is 13.5 Å². The van der Waals surface area contributed by atoms with Crippen LogP contribution in [-0.4, -0.2) is 67.8 Å². The first-order chi connectivity index (χ1) is 8.60. The lowest BCUT2D eigenvalue weighted by Gasteiger charge is -2.33. The van der Waals surface area contributed by atoms with Gasteiger partial charge in [-0.2, -0.15) is 0 Å². The molecule has 2 fully saturated rings. The smallest absolute Gasteiger partial charge is 0.409 e. The van der Waals surface area contributed by atoms with Gasteiger partial charge in [0.25, 0.3) is 0 Å². The summed E-state index contributed by atoms with van der Waals surface area (Å²) in [5.41, 5.74) is 0. The molecule has 0 saturated carbocycles. The number of methoxy groups -OCH3 is 1. The molecule has 5 heteroatoms. The molecule has 5 nitrogen and oxygen atoms in total. The number of hydrogen-bond acceptors (Lipinski definition) is 4. The lowest BCUT2D eigenvalue weighted by molar-refractivity contribution is 0.106. The quantitative estimate of drug-likeness (QED) is 0.796. The van der Waals surface area contributed by atoms with E-state index >= 15 is 0 Å². The van der Waals surface area contributed by atoms with Crippen LogP contribution >= 0.6 is 0 Å². The monoisotopic (exact) mass is 255 g/mol. The molecule has 0 spiro atoms. The van der Waals surface area contributed by atoms with Gasteiger partial charge in [-0.3, -0.25) is 0 Å². The number of ether oxygens (including phenoxy) is 1. The normalized spacial score (nSPS) is 33.7. The van der Waals surface area contributed by atoms with Crippen molar-refractivity contribution in [3.63, 3.8) is 0 Å². The maximum atomic E-state index is 11.5. The molecule has 0 aromatic rings. The second-order valence-corrected chi connectivity index (χ2v) is 5.64. The van der Waals surface area contributed by atoms with Gasteiger partial charge in [0.15, 0.2) is 0 Å². The fraction of sp³-hybridized carbons (Fsp3) is 0.923. The Kier molecular flexibility index (Phi) is 4.45. The van der Waals surface area contributed by atoms with E-state index in [4.69, 9.17) is 4.74 Å². The van der Waals surface area contributed by atoms with Gasteiger partial charge >= 0.3 is 6.09 Å². The number of hydrogen-bond donors (Lipinski definition) is 1. The molecule has 2 rings (SSSR count). The maximum absolute atomic E-state index is 11.5. The minimum atomic E-state index is -0.196. The lowest BCUT2D eigenvalue weighted by Crippen LogP contribution is -2.51. The highest BCUT2D eigenvalue weighted by Gasteiger charge is 2.30. The van der Waals surface area contributed by atoms with Crippen LogP contribution in [0.3, 0.4) is 0 Å². The second-order valence-electron chi connectivity index (χ2n) is 5.64. The van der Waals surface area contributed by atoms with E-state index in [0.717, 1.165) is 32.5 Å².